The smallest absolute Gasteiger partial charge is 0.303 e. The Morgan fingerprint density at radius 3 is 2.70 bits per heavy atom. The van der Waals surface area contributed by atoms with Crippen LogP contribution in [-0.4, -0.2) is 35.5 Å². The fraction of sp³-hybridized carbons (Fsp3) is 0.250. The van der Waals surface area contributed by atoms with E-state index in [0.717, 1.165) is 5.56 Å². The molecule has 2 aromatic carbocycles. The van der Waals surface area contributed by atoms with Gasteiger partial charge in [0.2, 0.25) is 0 Å². The van der Waals surface area contributed by atoms with Crippen molar-refractivity contribution in [3.8, 4) is 5.75 Å². The number of para-hydroxylation sites is 1. The Morgan fingerprint density at radius 2 is 1.93 bits per heavy atom. The van der Waals surface area contributed by atoms with Gasteiger partial charge in [0, 0.05) is 30.6 Å². The molecule has 0 aromatic heterocycles. The molecule has 0 spiro atoms. The van der Waals surface area contributed by atoms with Gasteiger partial charge in [0.15, 0.2) is 6.10 Å². The minimum atomic E-state index is -0.898. The SMILES string of the molecule is O=C(O)CCCNC(=O)c1cccc(NC(=O)C2Cc3ccccc3O2)c1. The molecule has 7 heteroatoms. The molecule has 0 saturated heterocycles. The number of carboxylic acid groups (broad SMARTS) is 1. The van der Waals surface area contributed by atoms with Crippen LogP contribution >= 0.6 is 0 Å². The number of hydrogen-bond donors (Lipinski definition) is 3. The zero-order valence-electron chi connectivity index (χ0n) is 14.6. The molecule has 140 valence electrons. The number of benzene rings is 2. The molecule has 3 N–H and O–H groups in total. The van der Waals surface area contributed by atoms with E-state index in [2.05, 4.69) is 10.6 Å². The summed E-state index contributed by atoms with van der Waals surface area (Å²) in [5.74, 6) is -0.774. The minimum Gasteiger partial charge on any atom is -0.481 e. The van der Waals surface area contributed by atoms with E-state index in [0.29, 0.717) is 29.8 Å². The molecule has 3 rings (SSSR count). The lowest BCUT2D eigenvalue weighted by atomic mass is 10.1. The summed E-state index contributed by atoms with van der Waals surface area (Å²) >= 11 is 0. The highest BCUT2D eigenvalue weighted by Crippen LogP contribution is 2.28. The van der Waals surface area contributed by atoms with E-state index in [-0.39, 0.29) is 24.8 Å². The predicted molar refractivity (Wildman–Crippen MR) is 98.8 cm³/mol. The molecule has 27 heavy (non-hydrogen) atoms. The van der Waals surface area contributed by atoms with Gasteiger partial charge in [-0.1, -0.05) is 24.3 Å². The third-order valence-electron chi connectivity index (χ3n) is 4.18. The molecule has 1 aliphatic rings. The highest BCUT2D eigenvalue weighted by atomic mass is 16.5. The summed E-state index contributed by atoms with van der Waals surface area (Å²) in [5, 5.41) is 14.0. The van der Waals surface area contributed by atoms with Crippen LogP contribution in [0.1, 0.15) is 28.8 Å². The van der Waals surface area contributed by atoms with Gasteiger partial charge in [0.1, 0.15) is 5.75 Å². The normalized spacial score (nSPS) is 14.7. The van der Waals surface area contributed by atoms with Crippen molar-refractivity contribution in [1.29, 1.82) is 0 Å². The van der Waals surface area contributed by atoms with Gasteiger partial charge in [-0.3, -0.25) is 14.4 Å². The van der Waals surface area contributed by atoms with E-state index in [4.69, 9.17) is 9.84 Å². The lowest BCUT2D eigenvalue weighted by molar-refractivity contribution is -0.137. The Hall–Kier alpha value is -3.35. The second-order valence-electron chi connectivity index (χ2n) is 6.24. The standard InChI is InChI=1S/C20H20N2O5/c23-18(24)9-4-10-21-19(25)14-6-3-7-15(11-14)22-20(26)17-12-13-5-1-2-8-16(13)27-17/h1-3,5-8,11,17H,4,9-10,12H2,(H,21,25)(H,22,26)(H,23,24). The average molecular weight is 368 g/mol. The Balaban J connectivity index is 1.55. The van der Waals surface area contributed by atoms with Crippen LogP contribution in [0.25, 0.3) is 0 Å². The number of carbonyl (C=O) groups is 3. The minimum absolute atomic E-state index is 0.000153. The Labute approximate surface area is 156 Å². The van der Waals surface area contributed by atoms with E-state index in [1.54, 1.807) is 24.3 Å². The number of fused-ring (bicyclic) bond motifs is 1. The van der Waals surface area contributed by atoms with Gasteiger partial charge in [-0.25, -0.2) is 0 Å². The molecule has 2 aromatic rings. The highest BCUT2D eigenvalue weighted by Gasteiger charge is 2.28. The molecular weight excluding hydrogens is 348 g/mol. The number of carbonyl (C=O) groups excluding carboxylic acids is 2. The van der Waals surface area contributed by atoms with E-state index >= 15 is 0 Å². The zero-order valence-corrected chi connectivity index (χ0v) is 14.6. The molecule has 2 amide bonds. The molecule has 7 nitrogen and oxygen atoms in total. The molecule has 1 atom stereocenters. The summed E-state index contributed by atoms with van der Waals surface area (Å²) < 4.78 is 5.66. The lowest BCUT2D eigenvalue weighted by Gasteiger charge is -2.12. The number of amides is 2. The number of rotatable bonds is 7. The first-order valence-corrected chi connectivity index (χ1v) is 8.68. The second-order valence-corrected chi connectivity index (χ2v) is 6.24. The third-order valence-corrected chi connectivity index (χ3v) is 4.18. The topological polar surface area (TPSA) is 105 Å². The molecule has 0 saturated carbocycles. The van der Waals surface area contributed by atoms with Crippen molar-refractivity contribution in [2.45, 2.75) is 25.4 Å². The second kappa shape index (κ2) is 8.35. The van der Waals surface area contributed by atoms with E-state index in [1.807, 2.05) is 24.3 Å². The van der Waals surface area contributed by atoms with Crippen molar-refractivity contribution < 1.29 is 24.2 Å². The number of anilines is 1. The number of ether oxygens (including phenoxy) is 1. The molecule has 0 fully saturated rings. The van der Waals surface area contributed by atoms with E-state index in [9.17, 15) is 14.4 Å². The molecule has 0 bridgehead atoms. The Kier molecular flexibility index (Phi) is 5.71. The number of nitrogens with one attached hydrogen (secondary N) is 2. The zero-order chi connectivity index (χ0) is 19.2. The fourth-order valence-electron chi connectivity index (χ4n) is 2.83. The molecule has 0 radical (unpaired) electrons. The average Bonchev–Trinajstić information content (AvgIpc) is 3.09. The molecule has 1 unspecified atom stereocenters. The van der Waals surface area contributed by atoms with E-state index < -0.39 is 12.1 Å². The summed E-state index contributed by atoms with van der Waals surface area (Å²) in [5.41, 5.74) is 1.88. The first kappa shape index (κ1) is 18.4. The maximum Gasteiger partial charge on any atom is 0.303 e. The van der Waals surface area contributed by atoms with Gasteiger partial charge >= 0.3 is 5.97 Å². The van der Waals surface area contributed by atoms with E-state index in [1.165, 1.54) is 0 Å². The molecule has 1 heterocycles. The van der Waals surface area contributed by atoms with Gasteiger partial charge in [0.05, 0.1) is 0 Å². The molecule has 0 aliphatic carbocycles. The van der Waals surface area contributed by atoms with Crippen LogP contribution in [0.3, 0.4) is 0 Å². The van der Waals surface area contributed by atoms with Crippen LogP contribution in [-0.2, 0) is 16.0 Å². The lowest BCUT2D eigenvalue weighted by Crippen LogP contribution is -2.31. The maximum atomic E-state index is 12.4. The first-order valence-electron chi connectivity index (χ1n) is 8.68. The Bertz CT molecular complexity index is 840. The van der Waals surface area contributed by atoms with Crippen LogP contribution in [0.5, 0.6) is 5.75 Å². The fourth-order valence-corrected chi connectivity index (χ4v) is 2.83. The predicted octanol–water partition coefficient (Wildman–Crippen LogP) is 2.22. The number of aliphatic carboxylic acids is 1. The highest BCUT2D eigenvalue weighted by molar-refractivity contribution is 5.98. The third kappa shape index (κ3) is 4.84. The van der Waals surface area contributed by atoms with Crippen LogP contribution in [0.2, 0.25) is 0 Å². The van der Waals surface area contributed by atoms with Crippen molar-refractivity contribution in [1.82, 2.24) is 5.32 Å². The van der Waals surface area contributed by atoms with Crippen LogP contribution in [0, 0.1) is 0 Å². The number of hydrogen-bond acceptors (Lipinski definition) is 4. The van der Waals surface area contributed by atoms with Crippen LogP contribution in [0.15, 0.2) is 48.5 Å². The molecular formula is C20H20N2O5. The van der Waals surface area contributed by atoms with Gasteiger partial charge in [-0.15, -0.1) is 0 Å². The van der Waals surface area contributed by atoms with Gasteiger partial charge in [-0.05, 0) is 36.2 Å². The van der Waals surface area contributed by atoms with Crippen molar-refractivity contribution >= 4 is 23.5 Å². The number of carboxylic acids is 1. The molecule has 1 aliphatic heterocycles. The van der Waals surface area contributed by atoms with Crippen LogP contribution < -0.4 is 15.4 Å². The summed E-state index contributed by atoms with van der Waals surface area (Å²) in [6.45, 7) is 0.274. The summed E-state index contributed by atoms with van der Waals surface area (Å²) in [7, 11) is 0. The summed E-state index contributed by atoms with van der Waals surface area (Å²) in [4.78, 5) is 35.1. The van der Waals surface area contributed by atoms with Crippen molar-refractivity contribution in [2.24, 2.45) is 0 Å². The summed E-state index contributed by atoms with van der Waals surface area (Å²) in [6.07, 6.45) is 0.263. The van der Waals surface area contributed by atoms with Crippen molar-refractivity contribution in [2.75, 3.05) is 11.9 Å². The van der Waals surface area contributed by atoms with Gasteiger partial charge in [-0.2, -0.15) is 0 Å². The maximum absolute atomic E-state index is 12.4. The monoisotopic (exact) mass is 368 g/mol. The van der Waals surface area contributed by atoms with Crippen molar-refractivity contribution in [3.05, 3.63) is 59.7 Å². The Morgan fingerprint density at radius 1 is 1.11 bits per heavy atom. The first-order chi connectivity index (χ1) is 13.0. The largest absolute Gasteiger partial charge is 0.481 e. The quantitative estimate of drug-likeness (QED) is 0.650. The van der Waals surface area contributed by atoms with Crippen LogP contribution in [0.4, 0.5) is 5.69 Å². The van der Waals surface area contributed by atoms with Gasteiger partial charge in [0.25, 0.3) is 11.8 Å². The van der Waals surface area contributed by atoms with Gasteiger partial charge < -0.3 is 20.5 Å². The van der Waals surface area contributed by atoms with Crippen molar-refractivity contribution in [3.63, 3.8) is 0 Å². The summed E-state index contributed by atoms with van der Waals surface area (Å²) in [6, 6.07) is 14.1.